The molecule has 1 saturated heterocycles. The van der Waals surface area contributed by atoms with Gasteiger partial charge in [-0.15, -0.1) is 0 Å². The van der Waals surface area contributed by atoms with Crippen molar-refractivity contribution in [2.75, 3.05) is 13.1 Å². The molecular formula is C28H34BrN3O2. The summed E-state index contributed by atoms with van der Waals surface area (Å²) in [7, 11) is 0. The number of nitrogens with zero attached hydrogens (tertiary/aromatic N) is 2. The van der Waals surface area contributed by atoms with Gasteiger partial charge in [0.2, 0.25) is 0 Å². The average molecular weight is 525 g/mol. The van der Waals surface area contributed by atoms with Crippen LogP contribution in [0.3, 0.4) is 0 Å². The molecule has 34 heavy (non-hydrogen) atoms. The van der Waals surface area contributed by atoms with Crippen LogP contribution in [0, 0.1) is 0 Å². The van der Waals surface area contributed by atoms with E-state index in [0.29, 0.717) is 18.3 Å². The van der Waals surface area contributed by atoms with Gasteiger partial charge in [0.25, 0.3) is 5.91 Å². The van der Waals surface area contributed by atoms with Crippen LogP contribution in [0.15, 0.2) is 75.6 Å². The van der Waals surface area contributed by atoms with Crippen LogP contribution in [0.2, 0.25) is 0 Å². The number of piperidine rings is 1. The third kappa shape index (κ3) is 7.05. The van der Waals surface area contributed by atoms with Gasteiger partial charge in [0.15, 0.2) is 5.76 Å². The number of amides is 1. The molecular weight excluding hydrogens is 490 g/mol. The summed E-state index contributed by atoms with van der Waals surface area (Å²) in [5, 5.41) is 3.18. The summed E-state index contributed by atoms with van der Waals surface area (Å²) < 4.78 is 7.03. The number of rotatable bonds is 9. The highest BCUT2D eigenvalue weighted by Gasteiger charge is 2.23. The number of hydrogen-bond donors (Lipinski definition) is 1. The monoisotopic (exact) mass is 523 g/mol. The van der Waals surface area contributed by atoms with Crippen LogP contribution in [0.1, 0.15) is 54.1 Å². The summed E-state index contributed by atoms with van der Waals surface area (Å²) in [6.07, 6.45) is 1.92. The molecule has 2 heterocycles. The minimum Gasteiger partial charge on any atom is -0.455 e. The molecule has 0 saturated carbocycles. The predicted octanol–water partition coefficient (Wildman–Crippen LogP) is 5.85. The Kier molecular flexibility index (Phi) is 8.59. The fourth-order valence-electron chi connectivity index (χ4n) is 4.36. The van der Waals surface area contributed by atoms with Gasteiger partial charge in [-0.05, 0) is 62.1 Å². The Bertz CT molecular complexity index is 1040. The van der Waals surface area contributed by atoms with Crippen LogP contribution < -0.4 is 5.32 Å². The molecule has 0 atom stereocenters. The van der Waals surface area contributed by atoms with E-state index in [2.05, 4.69) is 93.4 Å². The van der Waals surface area contributed by atoms with E-state index in [1.54, 1.807) is 6.07 Å². The van der Waals surface area contributed by atoms with E-state index >= 15 is 0 Å². The summed E-state index contributed by atoms with van der Waals surface area (Å²) in [6.45, 7) is 8.80. The van der Waals surface area contributed by atoms with Gasteiger partial charge < -0.3 is 9.73 Å². The van der Waals surface area contributed by atoms with E-state index in [-0.39, 0.29) is 11.9 Å². The van der Waals surface area contributed by atoms with Crippen LogP contribution in [0.5, 0.6) is 0 Å². The average Bonchev–Trinajstić information content (AvgIpc) is 3.31. The first-order chi connectivity index (χ1) is 16.5. The second kappa shape index (κ2) is 11.8. The van der Waals surface area contributed by atoms with Gasteiger partial charge in [-0.3, -0.25) is 14.6 Å². The Balaban J connectivity index is 1.26. The van der Waals surface area contributed by atoms with Gasteiger partial charge in [-0.2, -0.15) is 0 Å². The normalized spacial score (nSPS) is 15.2. The molecule has 1 N–H and O–H groups in total. The van der Waals surface area contributed by atoms with E-state index in [4.69, 9.17) is 4.42 Å². The molecule has 180 valence electrons. The molecule has 2 aromatic carbocycles. The van der Waals surface area contributed by atoms with Crippen molar-refractivity contribution >= 4 is 21.8 Å². The maximum Gasteiger partial charge on any atom is 0.287 e. The van der Waals surface area contributed by atoms with E-state index < -0.39 is 0 Å². The number of furan rings is 1. The van der Waals surface area contributed by atoms with Crippen molar-refractivity contribution in [1.29, 1.82) is 0 Å². The van der Waals surface area contributed by atoms with Crippen molar-refractivity contribution in [1.82, 2.24) is 15.1 Å². The molecule has 1 aliphatic heterocycles. The Hall–Kier alpha value is -2.41. The molecule has 0 spiro atoms. The highest BCUT2D eigenvalue weighted by molar-refractivity contribution is 9.10. The highest BCUT2D eigenvalue weighted by Crippen LogP contribution is 2.19. The lowest BCUT2D eigenvalue weighted by Gasteiger charge is -2.32. The fraction of sp³-hybridized carbons (Fsp3) is 0.393. The molecule has 1 aliphatic rings. The molecule has 0 radical (unpaired) electrons. The maximum atomic E-state index is 12.8. The quantitative estimate of drug-likeness (QED) is 0.382. The van der Waals surface area contributed by atoms with Crippen molar-refractivity contribution in [3.63, 3.8) is 0 Å². The molecule has 5 nitrogen and oxygen atoms in total. The molecule has 0 unspecified atom stereocenters. The van der Waals surface area contributed by atoms with Gasteiger partial charge in [0.05, 0.1) is 6.54 Å². The van der Waals surface area contributed by atoms with Crippen molar-refractivity contribution < 1.29 is 9.21 Å². The van der Waals surface area contributed by atoms with Gasteiger partial charge >= 0.3 is 0 Å². The lowest BCUT2D eigenvalue weighted by atomic mass is 10.0. The lowest BCUT2D eigenvalue weighted by molar-refractivity contribution is 0.0876. The minimum absolute atomic E-state index is 0.114. The number of nitrogens with one attached hydrogen (secondary N) is 1. The summed E-state index contributed by atoms with van der Waals surface area (Å²) in [4.78, 5) is 17.6. The standard InChI is InChI=1S/C28H34BrN3O2/c1-21(2)32(19-23-8-10-24(29)11-9-23)20-26-12-13-27(34-26)28(33)30-25-14-16-31(17-15-25)18-22-6-4-3-5-7-22/h3-13,21,25H,14-20H2,1-2H3,(H,30,33). The molecule has 4 rings (SSSR count). The molecule has 1 fully saturated rings. The summed E-state index contributed by atoms with van der Waals surface area (Å²) in [5.74, 6) is 1.10. The second-order valence-corrected chi connectivity index (χ2v) is 10.3. The van der Waals surface area contributed by atoms with Crippen molar-refractivity contribution in [2.45, 2.75) is 58.4 Å². The van der Waals surface area contributed by atoms with E-state index in [1.807, 2.05) is 12.1 Å². The molecule has 6 heteroatoms. The Morgan fingerprint density at radius 1 is 1.00 bits per heavy atom. The zero-order chi connectivity index (χ0) is 23.9. The van der Waals surface area contributed by atoms with Crippen LogP contribution in [0.4, 0.5) is 0 Å². The van der Waals surface area contributed by atoms with E-state index in [1.165, 1.54) is 11.1 Å². The molecule has 0 aliphatic carbocycles. The van der Waals surface area contributed by atoms with Gasteiger partial charge in [0.1, 0.15) is 5.76 Å². The highest BCUT2D eigenvalue weighted by atomic mass is 79.9. The number of carbonyl (C=O) groups is 1. The SMILES string of the molecule is CC(C)N(Cc1ccc(Br)cc1)Cc1ccc(C(=O)NC2CCN(Cc3ccccc3)CC2)o1. The zero-order valence-electron chi connectivity index (χ0n) is 20.0. The minimum atomic E-state index is -0.114. The van der Waals surface area contributed by atoms with Crippen LogP contribution >= 0.6 is 15.9 Å². The number of halogens is 1. The van der Waals surface area contributed by atoms with E-state index in [0.717, 1.165) is 49.3 Å². The smallest absolute Gasteiger partial charge is 0.287 e. The third-order valence-electron chi connectivity index (χ3n) is 6.45. The molecule has 3 aromatic rings. The van der Waals surface area contributed by atoms with Gasteiger partial charge in [-0.25, -0.2) is 0 Å². The third-order valence-corrected chi connectivity index (χ3v) is 6.97. The lowest BCUT2D eigenvalue weighted by Crippen LogP contribution is -2.44. The van der Waals surface area contributed by atoms with E-state index in [9.17, 15) is 4.79 Å². The topological polar surface area (TPSA) is 48.7 Å². The number of hydrogen-bond acceptors (Lipinski definition) is 4. The van der Waals surface area contributed by atoms with Crippen molar-refractivity contribution in [3.05, 3.63) is 93.9 Å². The van der Waals surface area contributed by atoms with Crippen LogP contribution in [0.25, 0.3) is 0 Å². The number of likely N-dealkylation sites (tertiary alicyclic amines) is 1. The van der Waals surface area contributed by atoms with Crippen LogP contribution in [-0.4, -0.2) is 40.9 Å². The Labute approximate surface area is 211 Å². The number of benzene rings is 2. The Morgan fingerprint density at radius 3 is 2.38 bits per heavy atom. The molecule has 1 aromatic heterocycles. The maximum absolute atomic E-state index is 12.8. The fourth-order valence-corrected chi connectivity index (χ4v) is 4.63. The summed E-state index contributed by atoms with van der Waals surface area (Å²) in [5.41, 5.74) is 2.59. The summed E-state index contributed by atoms with van der Waals surface area (Å²) >= 11 is 3.49. The Morgan fingerprint density at radius 2 is 1.71 bits per heavy atom. The van der Waals surface area contributed by atoms with Crippen molar-refractivity contribution in [2.24, 2.45) is 0 Å². The molecule has 0 bridgehead atoms. The largest absolute Gasteiger partial charge is 0.455 e. The second-order valence-electron chi connectivity index (χ2n) is 9.40. The number of carbonyl (C=O) groups excluding carboxylic acids is 1. The molecule has 1 amide bonds. The van der Waals surface area contributed by atoms with Gasteiger partial charge in [-0.1, -0.05) is 58.4 Å². The van der Waals surface area contributed by atoms with Crippen LogP contribution in [-0.2, 0) is 19.6 Å². The summed E-state index contributed by atoms with van der Waals surface area (Å²) in [6, 6.07) is 23.2. The first kappa shape index (κ1) is 24.7. The first-order valence-corrected chi connectivity index (χ1v) is 12.9. The zero-order valence-corrected chi connectivity index (χ0v) is 21.6. The van der Waals surface area contributed by atoms with Crippen molar-refractivity contribution in [3.8, 4) is 0 Å². The first-order valence-electron chi connectivity index (χ1n) is 12.1. The predicted molar refractivity (Wildman–Crippen MR) is 139 cm³/mol. The van der Waals surface area contributed by atoms with Gasteiger partial charge in [0, 0.05) is 42.7 Å².